The molecule has 0 radical (unpaired) electrons. The number of carbonyl (C=O) groups excluding carboxylic acids is 1. The Kier molecular flexibility index (Phi) is 4.58. The van der Waals surface area contributed by atoms with Gasteiger partial charge < -0.3 is 4.90 Å². The molecule has 120 valence electrons. The summed E-state index contributed by atoms with van der Waals surface area (Å²) in [6.07, 6.45) is -3.04. The molecule has 0 bridgehead atoms. The summed E-state index contributed by atoms with van der Waals surface area (Å²) in [6.45, 7) is 5.13. The maximum atomic E-state index is 14.1. The van der Waals surface area contributed by atoms with Crippen LogP contribution in [0.5, 0.6) is 0 Å². The molecule has 1 aliphatic rings. The minimum Gasteiger partial charge on any atom is -0.339 e. The molecular formula is C16H17F4NO. The van der Waals surface area contributed by atoms with Crippen LogP contribution in [0.2, 0.25) is 0 Å². The smallest absolute Gasteiger partial charge is 0.339 e. The lowest BCUT2D eigenvalue weighted by molar-refractivity contribution is -0.183. The molecule has 1 fully saturated rings. The number of alkyl halides is 3. The van der Waals surface area contributed by atoms with Gasteiger partial charge in [-0.1, -0.05) is 18.7 Å². The van der Waals surface area contributed by atoms with E-state index in [2.05, 4.69) is 6.58 Å². The molecule has 22 heavy (non-hydrogen) atoms. The predicted molar refractivity (Wildman–Crippen MR) is 75.9 cm³/mol. The van der Waals surface area contributed by atoms with E-state index in [1.165, 1.54) is 17.0 Å². The van der Waals surface area contributed by atoms with Crippen molar-refractivity contribution in [2.24, 2.45) is 5.92 Å². The fourth-order valence-electron chi connectivity index (χ4n) is 2.73. The lowest BCUT2D eigenvalue weighted by Gasteiger charge is -2.33. The standard InChI is InChI=1S/C16H17F4NO/c1-3-11-8-10(2)14(13(17)9-11)15(22)21-6-4-12(5-7-21)16(18,19)20/h3,8-9,12H,1,4-7H2,2H3. The third kappa shape index (κ3) is 3.31. The summed E-state index contributed by atoms with van der Waals surface area (Å²) in [5, 5.41) is 0. The van der Waals surface area contributed by atoms with Gasteiger partial charge in [0.2, 0.25) is 0 Å². The van der Waals surface area contributed by atoms with Crippen molar-refractivity contribution in [3.63, 3.8) is 0 Å². The number of piperidine rings is 1. The van der Waals surface area contributed by atoms with Crippen LogP contribution in [0.3, 0.4) is 0 Å². The molecular weight excluding hydrogens is 298 g/mol. The van der Waals surface area contributed by atoms with Gasteiger partial charge in [-0.25, -0.2) is 4.39 Å². The van der Waals surface area contributed by atoms with Crippen LogP contribution in [0.25, 0.3) is 6.08 Å². The fraction of sp³-hybridized carbons (Fsp3) is 0.438. The number of rotatable bonds is 2. The second-order valence-electron chi connectivity index (χ2n) is 5.51. The molecule has 2 rings (SSSR count). The third-order valence-corrected chi connectivity index (χ3v) is 4.00. The summed E-state index contributed by atoms with van der Waals surface area (Å²) in [4.78, 5) is 13.7. The number of hydrogen-bond acceptors (Lipinski definition) is 1. The molecule has 0 atom stereocenters. The van der Waals surface area contributed by atoms with E-state index in [9.17, 15) is 22.4 Å². The first-order valence-corrected chi connectivity index (χ1v) is 7.02. The van der Waals surface area contributed by atoms with E-state index in [-0.39, 0.29) is 31.5 Å². The van der Waals surface area contributed by atoms with Gasteiger partial charge >= 0.3 is 6.18 Å². The molecule has 0 aliphatic carbocycles. The van der Waals surface area contributed by atoms with Crippen molar-refractivity contribution in [2.75, 3.05) is 13.1 Å². The number of nitrogens with zero attached hydrogens (tertiary/aromatic N) is 1. The van der Waals surface area contributed by atoms with Gasteiger partial charge in [-0.2, -0.15) is 13.2 Å². The van der Waals surface area contributed by atoms with Gasteiger partial charge in [0.25, 0.3) is 5.91 Å². The first-order valence-electron chi connectivity index (χ1n) is 7.02. The maximum Gasteiger partial charge on any atom is 0.391 e. The average Bonchev–Trinajstić information content (AvgIpc) is 2.45. The monoisotopic (exact) mass is 315 g/mol. The zero-order chi connectivity index (χ0) is 16.5. The Labute approximate surface area is 126 Å². The Morgan fingerprint density at radius 3 is 2.36 bits per heavy atom. The van der Waals surface area contributed by atoms with Crippen molar-refractivity contribution in [1.82, 2.24) is 4.90 Å². The maximum absolute atomic E-state index is 14.1. The van der Waals surface area contributed by atoms with E-state index >= 15 is 0 Å². The lowest BCUT2D eigenvalue weighted by Crippen LogP contribution is -2.42. The van der Waals surface area contributed by atoms with Crippen molar-refractivity contribution < 1.29 is 22.4 Å². The van der Waals surface area contributed by atoms with Gasteiger partial charge in [-0.3, -0.25) is 4.79 Å². The molecule has 6 heteroatoms. The third-order valence-electron chi connectivity index (χ3n) is 4.00. The normalized spacial score (nSPS) is 16.7. The van der Waals surface area contributed by atoms with Gasteiger partial charge in [0.1, 0.15) is 5.82 Å². The minimum absolute atomic E-state index is 0.00883. The van der Waals surface area contributed by atoms with Crippen molar-refractivity contribution >= 4 is 12.0 Å². The van der Waals surface area contributed by atoms with E-state index in [0.717, 1.165) is 0 Å². The SMILES string of the molecule is C=Cc1cc(C)c(C(=O)N2CCC(C(F)(F)F)CC2)c(F)c1. The quantitative estimate of drug-likeness (QED) is 0.749. The van der Waals surface area contributed by atoms with Crippen molar-refractivity contribution in [2.45, 2.75) is 25.9 Å². The molecule has 0 N–H and O–H groups in total. The Balaban J connectivity index is 2.16. The summed E-state index contributed by atoms with van der Waals surface area (Å²) in [6, 6.07) is 2.83. The van der Waals surface area contributed by atoms with Gasteiger partial charge in [0, 0.05) is 13.1 Å². The number of aryl methyl sites for hydroxylation is 1. The molecule has 1 saturated heterocycles. The fourth-order valence-corrected chi connectivity index (χ4v) is 2.73. The van der Waals surface area contributed by atoms with E-state index in [0.29, 0.717) is 11.1 Å². The highest BCUT2D eigenvalue weighted by atomic mass is 19.4. The Hall–Kier alpha value is -1.85. The summed E-state index contributed by atoms with van der Waals surface area (Å²) in [5.41, 5.74) is 0.941. The number of hydrogen-bond donors (Lipinski definition) is 0. The van der Waals surface area contributed by atoms with Crippen LogP contribution in [-0.4, -0.2) is 30.1 Å². The highest BCUT2D eigenvalue weighted by molar-refractivity contribution is 5.96. The van der Waals surface area contributed by atoms with Gasteiger partial charge in [0.05, 0.1) is 11.5 Å². The number of amides is 1. The number of carbonyl (C=O) groups is 1. The van der Waals surface area contributed by atoms with Crippen LogP contribution in [0, 0.1) is 18.7 Å². The lowest BCUT2D eigenvalue weighted by atomic mass is 9.95. The Morgan fingerprint density at radius 2 is 1.91 bits per heavy atom. The minimum atomic E-state index is -4.23. The van der Waals surface area contributed by atoms with Crippen LogP contribution in [0.15, 0.2) is 18.7 Å². The molecule has 1 aromatic rings. The van der Waals surface area contributed by atoms with Crippen molar-refractivity contribution in [3.05, 3.63) is 41.2 Å². The van der Waals surface area contributed by atoms with Crippen LogP contribution in [0.1, 0.15) is 34.3 Å². The van der Waals surface area contributed by atoms with Gasteiger partial charge in [-0.05, 0) is 37.0 Å². The average molecular weight is 315 g/mol. The molecule has 1 aromatic carbocycles. The van der Waals surface area contributed by atoms with Crippen molar-refractivity contribution in [1.29, 1.82) is 0 Å². The first kappa shape index (κ1) is 16.5. The molecule has 1 heterocycles. The molecule has 2 nitrogen and oxygen atoms in total. The predicted octanol–water partition coefficient (Wildman–Crippen LogP) is 4.19. The van der Waals surface area contributed by atoms with Gasteiger partial charge in [-0.15, -0.1) is 0 Å². The summed E-state index contributed by atoms with van der Waals surface area (Å²) in [5.74, 6) is -2.60. The first-order chi connectivity index (χ1) is 10.2. The molecule has 0 unspecified atom stereocenters. The second kappa shape index (κ2) is 6.10. The largest absolute Gasteiger partial charge is 0.391 e. The van der Waals surface area contributed by atoms with Gasteiger partial charge in [0.15, 0.2) is 0 Å². The molecule has 0 spiro atoms. The summed E-state index contributed by atoms with van der Waals surface area (Å²) in [7, 11) is 0. The molecule has 0 saturated carbocycles. The summed E-state index contributed by atoms with van der Waals surface area (Å²) < 4.78 is 52.0. The van der Waals surface area contributed by atoms with Crippen molar-refractivity contribution in [3.8, 4) is 0 Å². The van der Waals surface area contributed by atoms with E-state index in [1.807, 2.05) is 0 Å². The second-order valence-corrected chi connectivity index (χ2v) is 5.51. The number of halogens is 4. The highest BCUT2D eigenvalue weighted by Gasteiger charge is 2.42. The molecule has 0 aromatic heterocycles. The molecule has 1 amide bonds. The van der Waals surface area contributed by atoms with E-state index < -0.39 is 23.8 Å². The van der Waals surface area contributed by atoms with Crippen LogP contribution >= 0.6 is 0 Å². The molecule has 1 aliphatic heterocycles. The number of benzene rings is 1. The topological polar surface area (TPSA) is 20.3 Å². The Bertz CT molecular complexity index is 563. The van der Waals surface area contributed by atoms with Crippen LogP contribution < -0.4 is 0 Å². The number of likely N-dealkylation sites (tertiary alicyclic amines) is 1. The highest BCUT2D eigenvalue weighted by Crippen LogP contribution is 2.34. The zero-order valence-corrected chi connectivity index (χ0v) is 12.2. The summed E-state index contributed by atoms with van der Waals surface area (Å²) >= 11 is 0. The van der Waals surface area contributed by atoms with Crippen LogP contribution in [0.4, 0.5) is 17.6 Å². The van der Waals surface area contributed by atoms with Crippen LogP contribution in [-0.2, 0) is 0 Å². The van der Waals surface area contributed by atoms with E-state index in [4.69, 9.17) is 0 Å². The van der Waals surface area contributed by atoms with E-state index in [1.54, 1.807) is 13.0 Å². The zero-order valence-electron chi connectivity index (χ0n) is 12.2. The Morgan fingerprint density at radius 1 is 1.32 bits per heavy atom.